The molecule has 26 heavy (non-hydrogen) atoms. The molecule has 2 fully saturated rings. The second kappa shape index (κ2) is 7.39. The number of hydrogen-bond acceptors (Lipinski definition) is 4. The zero-order valence-electron chi connectivity index (χ0n) is 15.1. The Balaban J connectivity index is 1.61. The number of nitrogens with zero attached hydrogens (tertiary/aromatic N) is 1. The predicted octanol–water partition coefficient (Wildman–Crippen LogP) is 2.45. The minimum Gasteiger partial charge on any atom is -0.328 e. The summed E-state index contributed by atoms with van der Waals surface area (Å²) in [6.45, 7) is 2.14. The highest BCUT2D eigenvalue weighted by Gasteiger charge is 2.50. The summed E-state index contributed by atoms with van der Waals surface area (Å²) in [6, 6.07) is 7.78. The van der Waals surface area contributed by atoms with Gasteiger partial charge in [-0.3, -0.25) is 9.59 Å². The molecule has 1 aromatic rings. The summed E-state index contributed by atoms with van der Waals surface area (Å²) in [6.07, 6.45) is 6.59. The molecule has 1 aliphatic carbocycles. The van der Waals surface area contributed by atoms with Crippen molar-refractivity contribution < 1.29 is 18.0 Å². The molecule has 2 amide bonds. The first-order valence-electron chi connectivity index (χ1n) is 9.26. The summed E-state index contributed by atoms with van der Waals surface area (Å²) < 4.78 is 26.9. The van der Waals surface area contributed by atoms with Crippen molar-refractivity contribution in [1.82, 2.24) is 9.62 Å². The summed E-state index contributed by atoms with van der Waals surface area (Å²) in [7, 11) is -3.93. The fourth-order valence-electron chi connectivity index (χ4n) is 3.85. The molecule has 1 N–H and O–H groups in total. The van der Waals surface area contributed by atoms with E-state index in [1.54, 1.807) is 25.1 Å². The van der Waals surface area contributed by atoms with Crippen LogP contribution in [0.4, 0.5) is 0 Å². The van der Waals surface area contributed by atoms with Gasteiger partial charge in [-0.25, -0.2) is 13.1 Å². The second-order valence-electron chi connectivity index (χ2n) is 7.51. The van der Waals surface area contributed by atoms with E-state index >= 15 is 0 Å². The number of hydrogen-bond donors (Lipinski definition) is 1. The Morgan fingerprint density at radius 1 is 1.19 bits per heavy atom. The van der Waals surface area contributed by atoms with Crippen LogP contribution in [0.15, 0.2) is 35.2 Å². The molecule has 1 aliphatic heterocycles. The molecule has 0 spiro atoms. The molecule has 1 atom stereocenters. The van der Waals surface area contributed by atoms with Crippen LogP contribution in [0.3, 0.4) is 0 Å². The lowest BCUT2D eigenvalue weighted by Gasteiger charge is -2.49. The van der Waals surface area contributed by atoms with Gasteiger partial charge in [0.25, 0.3) is 15.9 Å². The molecule has 0 bridgehead atoms. The topological polar surface area (TPSA) is 83.6 Å². The van der Waals surface area contributed by atoms with E-state index in [1.165, 1.54) is 42.7 Å². The van der Waals surface area contributed by atoms with Gasteiger partial charge in [0.15, 0.2) is 0 Å². The maximum atomic E-state index is 12.6. The Hall–Kier alpha value is -1.89. The third kappa shape index (κ3) is 3.77. The van der Waals surface area contributed by atoms with Crippen LogP contribution in [0, 0.1) is 5.92 Å². The highest BCUT2D eigenvalue weighted by molar-refractivity contribution is 7.90. The van der Waals surface area contributed by atoms with Crippen LogP contribution in [0.1, 0.15) is 51.9 Å². The summed E-state index contributed by atoms with van der Waals surface area (Å²) in [5.74, 6) is -0.0847. The van der Waals surface area contributed by atoms with E-state index in [2.05, 4.69) is 4.72 Å². The Morgan fingerprint density at radius 3 is 2.42 bits per heavy atom. The van der Waals surface area contributed by atoms with Gasteiger partial charge in [0.05, 0.1) is 4.90 Å². The van der Waals surface area contributed by atoms with Gasteiger partial charge in [0.1, 0.15) is 5.54 Å². The number of amides is 2. The quantitative estimate of drug-likeness (QED) is 0.824. The molecule has 3 rings (SSSR count). The molecule has 1 heterocycles. The first-order valence-corrected chi connectivity index (χ1v) is 10.7. The first-order chi connectivity index (χ1) is 12.3. The molecule has 6 nitrogen and oxygen atoms in total. The van der Waals surface area contributed by atoms with E-state index in [0.29, 0.717) is 25.3 Å². The van der Waals surface area contributed by atoms with Crippen molar-refractivity contribution in [3.8, 4) is 0 Å². The fraction of sp³-hybridized carbons (Fsp3) is 0.579. The largest absolute Gasteiger partial charge is 0.328 e. The Labute approximate surface area is 155 Å². The second-order valence-corrected chi connectivity index (χ2v) is 9.19. The summed E-state index contributed by atoms with van der Waals surface area (Å²) in [4.78, 5) is 26.7. The van der Waals surface area contributed by atoms with E-state index < -0.39 is 21.5 Å². The smallest absolute Gasteiger partial charge is 0.264 e. The van der Waals surface area contributed by atoms with E-state index in [0.717, 1.165) is 6.42 Å². The van der Waals surface area contributed by atoms with Gasteiger partial charge in [-0.2, -0.15) is 0 Å². The molecule has 1 unspecified atom stereocenters. The van der Waals surface area contributed by atoms with Gasteiger partial charge in [0, 0.05) is 13.0 Å². The zero-order valence-corrected chi connectivity index (χ0v) is 15.9. The van der Waals surface area contributed by atoms with Gasteiger partial charge in [-0.1, -0.05) is 43.9 Å². The van der Waals surface area contributed by atoms with Crippen LogP contribution in [0.5, 0.6) is 0 Å². The Morgan fingerprint density at radius 2 is 1.85 bits per heavy atom. The third-order valence-corrected chi connectivity index (χ3v) is 7.08. The number of carbonyl (C=O) groups is 2. The van der Waals surface area contributed by atoms with Crippen molar-refractivity contribution in [3.63, 3.8) is 0 Å². The number of benzene rings is 1. The van der Waals surface area contributed by atoms with Crippen molar-refractivity contribution in [2.45, 2.75) is 62.3 Å². The predicted molar refractivity (Wildman–Crippen MR) is 97.7 cm³/mol. The number of carbonyl (C=O) groups excluding carboxylic acids is 2. The minimum absolute atomic E-state index is 0.0374. The van der Waals surface area contributed by atoms with Crippen LogP contribution < -0.4 is 4.72 Å². The number of likely N-dealkylation sites (tertiary alicyclic amines) is 1. The number of sulfonamides is 1. The van der Waals surface area contributed by atoms with Crippen molar-refractivity contribution >= 4 is 21.8 Å². The third-order valence-electron chi connectivity index (χ3n) is 5.73. The van der Waals surface area contributed by atoms with Gasteiger partial charge < -0.3 is 4.90 Å². The van der Waals surface area contributed by atoms with Crippen molar-refractivity contribution in [2.24, 2.45) is 5.92 Å². The SMILES string of the molecule is CC1(C(=O)NS(=O)(=O)c2ccccc2)CCN1C(=O)CCC1CCCC1. The van der Waals surface area contributed by atoms with Crippen molar-refractivity contribution in [3.05, 3.63) is 30.3 Å². The van der Waals surface area contributed by atoms with Gasteiger partial charge in [-0.05, 0) is 37.8 Å². The van der Waals surface area contributed by atoms with Crippen LogP contribution in [-0.2, 0) is 19.6 Å². The normalized spacial score (nSPS) is 23.5. The molecular formula is C19H26N2O4S. The van der Waals surface area contributed by atoms with Gasteiger partial charge >= 0.3 is 0 Å². The maximum absolute atomic E-state index is 12.6. The summed E-state index contributed by atoms with van der Waals surface area (Å²) in [5.41, 5.74) is -1.09. The molecule has 7 heteroatoms. The molecule has 2 aliphatic rings. The maximum Gasteiger partial charge on any atom is 0.264 e. The average Bonchev–Trinajstić information content (AvgIpc) is 3.12. The monoisotopic (exact) mass is 378 g/mol. The zero-order chi connectivity index (χ0) is 18.8. The van der Waals surface area contributed by atoms with Crippen LogP contribution in [0.25, 0.3) is 0 Å². The highest BCUT2D eigenvalue weighted by Crippen LogP contribution is 2.34. The Bertz CT molecular complexity index is 772. The van der Waals surface area contributed by atoms with E-state index in [1.807, 2.05) is 0 Å². The lowest BCUT2D eigenvalue weighted by atomic mass is 9.85. The average molecular weight is 378 g/mol. The summed E-state index contributed by atoms with van der Waals surface area (Å²) >= 11 is 0. The standard InChI is InChI=1S/C19H26N2O4S/c1-19(18(23)20-26(24,25)16-9-3-2-4-10-16)13-14-21(19)17(22)12-11-15-7-5-6-8-15/h2-4,9-10,15H,5-8,11-14H2,1H3,(H,20,23). The molecule has 1 saturated heterocycles. The van der Waals surface area contributed by atoms with Crippen LogP contribution >= 0.6 is 0 Å². The van der Waals surface area contributed by atoms with Crippen LogP contribution in [0.2, 0.25) is 0 Å². The molecule has 142 valence electrons. The first kappa shape index (κ1) is 18.9. The van der Waals surface area contributed by atoms with Gasteiger partial charge in [-0.15, -0.1) is 0 Å². The Kier molecular flexibility index (Phi) is 5.37. The minimum atomic E-state index is -3.93. The molecule has 0 radical (unpaired) electrons. The molecular weight excluding hydrogens is 352 g/mol. The van der Waals surface area contributed by atoms with E-state index in [4.69, 9.17) is 0 Å². The highest BCUT2D eigenvalue weighted by atomic mass is 32.2. The molecule has 1 saturated carbocycles. The molecule has 0 aromatic heterocycles. The van der Waals surface area contributed by atoms with Crippen molar-refractivity contribution in [2.75, 3.05) is 6.54 Å². The van der Waals surface area contributed by atoms with E-state index in [9.17, 15) is 18.0 Å². The van der Waals surface area contributed by atoms with Crippen LogP contribution in [-0.4, -0.2) is 37.2 Å². The summed E-state index contributed by atoms with van der Waals surface area (Å²) in [5, 5.41) is 0. The fourth-order valence-corrected chi connectivity index (χ4v) is 4.94. The van der Waals surface area contributed by atoms with E-state index in [-0.39, 0.29) is 10.8 Å². The number of rotatable bonds is 6. The van der Waals surface area contributed by atoms with Crippen molar-refractivity contribution in [1.29, 1.82) is 0 Å². The molecule has 1 aromatic carbocycles. The number of nitrogens with one attached hydrogen (secondary N) is 1. The lowest BCUT2D eigenvalue weighted by Crippen LogP contribution is -2.67. The lowest BCUT2D eigenvalue weighted by molar-refractivity contribution is -0.156. The van der Waals surface area contributed by atoms with Gasteiger partial charge in [0.2, 0.25) is 5.91 Å².